The molecule has 5 nitrogen and oxygen atoms in total. The summed E-state index contributed by atoms with van der Waals surface area (Å²) in [6, 6.07) is 0. The van der Waals surface area contributed by atoms with E-state index in [9.17, 15) is 22.4 Å². The minimum absolute atomic E-state index is 0.0295. The van der Waals surface area contributed by atoms with Crippen molar-refractivity contribution in [1.82, 2.24) is 15.1 Å². The molecule has 0 unspecified atom stereocenters. The fourth-order valence-corrected chi connectivity index (χ4v) is 2.80. The zero-order chi connectivity index (χ0) is 20.3. The van der Waals surface area contributed by atoms with Gasteiger partial charge in [0.2, 0.25) is 11.6 Å². The number of rotatable bonds is 7. The number of hydrogen-bond donors (Lipinski definition) is 1. The van der Waals surface area contributed by atoms with E-state index in [1.807, 2.05) is 0 Å². The molecule has 1 heterocycles. The number of nitrogens with zero attached hydrogens (tertiary/aromatic N) is 2. The second-order valence-corrected chi connectivity index (χ2v) is 6.06. The van der Waals surface area contributed by atoms with Gasteiger partial charge in [0.05, 0.1) is 17.3 Å². The zero-order valence-electron chi connectivity index (χ0n) is 14.9. The van der Waals surface area contributed by atoms with Gasteiger partial charge in [-0.3, -0.25) is 9.48 Å². The Kier molecular flexibility index (Phi) is 6.69. The van der Waals surface area contributed by atoms with Gasteiger partial charge in [0, 0.05) is 19.2 Å². The van der Waals surface area contributed by atoms with Gasteiger partial charge in [0.15, 0.2) is 17.4 Å². The lowest BCUT2D eigenvalue weighted by molar-refractivity contribution is 0.0940. The Balaban J connectivity index is 2.28. The van der Waals surface area contributed by atoms with Gasteiger partial charge in [0.1, 0.15) is 5.69 Å². The molecule has 0 aliphatic rings. The normalized spacial score (nSPS) is 11.0. The predicted octanol–water partition coefficient (Wildman–Crippen LogP) is 3.91. The molecule has 1 aromatic heterocycles. The average molecular weight is 408 g/mol. The van der Waals surface area contributed by atoms with Crippen molar-refractivity contribution in [2.75, 3.05) is 6.61 Å². The summed E-state index contributed by atoms with van der Waals surface area (Å²) >= 11 is 6.06. The van der Waals surface area contributed by atoms with Crippen LogP contribution in [0.3, 0.4) is 0 Å². The molecule has 0 radical (unpaired) electrons. The van der Waals surface area contributed by atoms with Crippen LogP contribution in [0.4, 0.5) is 17.6 Å². The van der Waals surface area contributed by atoms with E-state index in [4.69, 9.17) is 16.3 Å². The molecule has 2 aromatic rings. The van der Waals surface area contributed by atoms with E-state index in [2.05, 4.69) is 10.4 Å². The third kappa shape index (κ3) is 4.02. The van der Waals surface area contributed by atoms with Crippen molar-refractivity contribution in [3.63, 3.8) is 0 Å². The topological polar surface area (TPSA) is 56.1 Å². The van der Waals surface area contributed by atoms with Crippen LogP contribution in [-0.2, 0) is 20.0 Å². The highest BCUT2D eigenvalue weighted by Crippen LogP contribution is 2.30. The van der Waals surface area contributed by atoms with E-state index in [0.29, 0.717) is 18.5 Å². The van der Waals surface area contributed by atoms with Crippen LogP contribution in [0.15, 0.2) is 0 Å². The minimum Gasteiger partial charge on any atom is -0.487 e. The zero-order valence-corrected chi connectivity index (χ0v) is 15.7. The maximum absolute atomic E-state index is 14.1. The highest BCUT2D eigenvalue weighted by atomic mass is 35.5. The number of halogens is 5. The van der Waals surface area contributed by atoms with Crippen LogP contribution < -0.4 is 10.1 Å². The molecule has 0 saturated carbocycles. The first-order chi connectivity index (χ1) is 12.7. The van der Waals surface area contributed by atoms with Crippen molar-refractivity contribution < 1.29 is 27.1 Å². The summed E-state index contributed by atoms with van der Waals surface area (Å²) in [7, 11) is 1.47. The molecule has 0 aliphatic heterocycles. The number of aryl methyl sites for hydroxylation is 2. The maximum atomic E-state index is 14.1. The fourth-order valence-electron chi connectivity index (χ4n) is 2.42. The number of amides is 1. The van der Waals surface area contributed by atoms with Gasteiger partial charge in [-0.2, -0.15) is 13.9 Å². The summed E-state index contributed by atoms with van der Waals surface area (Å²) in [5.74, 6) is -8.49. The Bertz CT molecular complexity index is 842. The highest BCUT2D eigenvalue weighted by Gasteiger charge is 2.27. The van der Waals surface area contributed by atoms with Crippen molar-refractivity contribution in [1.29, 1.82) is 0 Å². The second-order valence-electron chi connectivity index (χ2n) is 5.68. The molecular formula is C17H18ClF4N3O2. The number of ether oxygens (including phenoxy) is 1. The number of hydrogen-bond acceptors (Lipinski definition) is 3. The van der Waals surface area contributed by atoms with E-state index in [1.54, 1.807) is 13.8 Å². The van der Waals surface area contributed by atoms with Crippen molar-refractivity contribution >= 4 is 17.5 Å². The molecule has 0 atom stereocenters. The maximum Gasteiger partial charge on any atom is 0.271 e. The number of carbonyl (C=O) groups excluding carboxylic acids is 1. The first kappa shape index (κ1) is 21.0. The minimum atomic E-state index is -1.65. The third-order valence-electron chi connectivity index (χ3n) is 3.80. The first-order valence-electron chi connectivity index (χ1n) is 8.21. The highest BCUT2D eigenvalue weighted by molar-refractivity contribution is 6.34. The lowest BCUT2D eigenvalue weighted by Gasteiger charge is -2.13. The van der Waals surface area contributed by atoms with Crippen molar-refractivity contribution in [3.05, 3.63) is 45.2 Å². The molecule has 0 fully saturated rings. The summed E-state index contributed by atoms with van der Waals surface area (Å²) in [6.07, 6.45) is 0.865. The largest absolute Gasteiger partial charge is 0.487 e. The molecule has 0 aliphatic carbocycles. The molecule has 2 rings (SSSR count). The molecule has 0 bridgehead atoms. The Hall–Kier alpha value is -2.29. The number of benzene rings is 1. The first-order valence-corrected chi connectivity index (χ1v) is 8.59. The summed E-state index contributed by atoms with van der Waals surface area (Å²) in [6.45, 7) is 2.55. The summed E-state index contributed by atoms with van der Waals surface area (Å²) in [5, 5.41) is 6.34. The molecule has 10 heteroatoms. The molecule has 1 aromatic carbocycles. The Labute approximate surface area is 158 Å². The SMILES string of the molecule is CCCOc1c(F)c(F)c(CNC(=O)c2c(Cl)c(CC)nn2C)c(F)c1F. The Morgan fingerprint density at radius 2 is 1.74 bits per heavy atom. The van der Waals surface area contributed by atoms with Crippen molar-refractivity contribution in [2.45, 2.75) is 33.2 Å². The molecule has 1 amide bonds. The molecule has 27 heavy (non-hydrogen) atoms. The molecular weight excluding hydrogens is 390 g/mol. The van der Waals surface area contributed by atoms with Gasteiger partial charge in [-0.25, -0.2) is 8.78 Å². The number of carbonyl (C=O) groups is 1. The van der Waals surface area contributed by atoms with Gasteiger partial charge < -0.3 is 10.1 Å². The van der Waals surface area contributed by atoms with E-state index in [-0.39, 0.29) is 17.3 Å². The Morgan fingerprint density at radius 3 is 2.22 bits per heavy atom. The smallest absolute Gasteiger partial charge is 0.271 e. The molecule has 148 valence electrons. The molecule has 0 spiro atoms. The van der Waals surface area contributed by atoms with Crippen LogP contribution in [0, 0.1) is 23.3 Å². The summed E-state index contributed by atoms with van der Waals surface area (Å²) < 4.78 is 62.2. The van der Waals surface area contributed by atoms with E-state index in [1.165, 1.54) is 11.7 Å². The third-order valence-corrected chi connectivity index (χ3v) is 4.19. The van der Waals surface area contributed by atoms with Gasteiger partial charge in [0.25, 0.3) is 5.91 Å². The molecule has 1 N–H and O–H groups in total. The van der Waals surface area contributed by atoms with Gasteiger partial charge in [-0.05, 0) is 12.8 Å². The lowest BCUT2D eigenvalue weighted by atomic mass is 10.1. The van der Waals surface area contributed by atoms with E-state index >= 15 is 0 Å². The fraction of sp³-hybridized carbons (Fsp3) is 0.412. The Morgan fingerprint density at radius 1 is 1.15 bits per heavy atom. The monoisotopic (exact) mass is 407 g/mol. The summed E-state index contributed by atoms with van der Waals surface area (Å²) in [4.78, 5) is 12.3. The predicted molar refractivity (Wildman–Crippen MR) is 90.8 cm³/mol. The summed E-state index contributed by atoms with van der Waals surface area (Å²) in [5.41, 5.74) is -0.523. The van der Waals surface area contributed by atoms with Gasteiger partial charge >= 0.3 is 0 Å². The van der Waals surface area contributed by atoms with Gasteiger partial charge in [-0.15, -0.1) is 0 Å². The van der Waals surface area contributed by atoms with Crippen LogP contribution >= 0.6 is 11.6 Å². The van der Waals surface area contributed by atoms with Gasteiger partial charge in [-0.1, -0.05) is 25.4 Å². The number of aromatic nitrogens is 2. The number of nitrogens with one attached hydrogen (secondary N) is 1. The standard InChI is InChI=1S/C17H18ClF4N3O2/c1-4-6-27-16-13(21)11(19)8(12(20)14(16)22)7-23-17(26)15-10(18)9(5-2)24-25(15)3/h4-7H2,1-3H3,(H,23,26). The van der Waals surface area contributed by atoms with E-state index < -0.39 is 47.0 Å². The second kappa shape index (κ2) is 8.60. The van der Waals surface area contributed by atoms with Crippen LogP contribution in [0.25, 0.3) is 0 Å². The van der Waals surface area contributed by atoms with Crippen LogP contribution in [0.1, 0.15) is 42.0 Å². The van der Waals surface area contributed by atoms with E-state index in [0.717, 1.165) is 0 Å². The quantitative estimate of drug-likeness (QED) is 0.559. The molecule has 0 saturated heterocycles. The average Bonchev–Trinajstić information content (AvgIpc) is 2.93. The van der Waals surface area contributed by atoms with Crippen molar-refractivity contribution in [2.24, 2.45) is 7.05 Å². The lowest BCUT2D eigenvalue weighted by Crippen LogP contribution is -2.27. The van der Waals surface area contributed by atoms with Crippen LogP contribution in [0.5, 0.6) is 5.75 Å². The van der Waals surface area contributed by atoms with Crippen LogP contribution in [-0.4, -0.2) is 22.3 Å². The van der Waals surface area contributed by atoms with Crippen LogP contribution in [0.2, 0.25) is 5.02 Å². The van der Waals surface area contributed by atoms with Crippen molar-refractivity contribution in [3.8, 4) is 5.75 Å².